The number of esters is 2. The van der Waals surface area contributed by atoms with E-state index in [0.29, 0.717) is 30.8 Å². The third kappa shape index (κ3) is 8.18. The molecule has 36 heavy (non-hydrogen) atoms. The lowest BCUT2D eigenvalue weighted by Gasteiger charge is -2.25. The van der Waals surface area contributed by atoms with Gasteiger partial charge in [-0.25, -0.2) is 4.79 Å². The highest BCUT2D eigenvalue weighted by Crippen LogP contribution is 2.33. The van der Waals surface area contributed by atoms with Gasteiger partial charge in [0.15, 0.2) is 5.75 Å². The molecule has 1 fully saturated rings. The molecule has 7 nitrogen and oxygen atoms in total. The average molecular weight is 628 g/mol. The Hall–Kier alpha value is -2.17. The van der Waals surface area contributed by atoms with Crippen LogP contribution in [0.3, 0.4) is 0 Å². The van der Waals surface area contributed by atoms with Crippen LogP contribution >= 0.6 is 34.2 Å². The number of carbonyl (C=O) groups excluding carboxylic acids is 3. The summed E-state index contributed by atoms with van der Waals surface area (Å²) in [6, 6.07) is 11.1. The second kappa shape index (κ2) is 13.9. The molecule has 9 heteroatoms. The van der Waals surface area contributed by atoms with Crippen LogP contribution in [0.5, 0.6) is 5.75 Å². The minimum atomic E-state index is -0.513. The van der Waals surface area contributed by atoms with Crippen molar-refractivity contribution < 1.29 is 28.6 Å². The van der Waals surface area contributed by atoms with Crippen molar-refractivity contribution in [3.8, 4) is 5.75 Å². The summed E-state index contributed by atoms with van der Waals surface area (Å²) >= 11 is 8.60. The van der Waals surface area contributed by atoms with Crippen molar-refractivity contribution in [2.75, 3.05) is 20.3 Å². The van der Waals surface area contributed by atoms with Crippen LogP contribution in [0.4, 0.5) is 0 Å². The number of hydrogen-bond donors (Lipinski definition) is 1. The Kier molecular flexibility index (Phi) is 11.0. The molecule has 0 bridgehead atoms. The molecule has 0 aliphatic carbocycles. The largest absolute Gasteiger partial charge is 0.465 e. The third-order valence-corrected chi connectivity index (χ3v) is 7.03. The van der Waals surface area contributed by atoms with Gasteiger partial charge in [0, 0.05) is 17.1 Å². The Morgan fingerprint density at radius 2 is 2.03 bits per heavy atom. The maximum absolute atomic E-state index is 12.9. The summed E-state index contributed by atoms with van der Waals surface area (Å²) in [5.74, 6) is -0.846. The zero-order valence-electron chi connectivity index (χ0n) is 20.5. The van der Waals surface area contributed by atoms with Crippen LogP contribution in [-0.2, 0) is 25.5 Å². The number of aryl methyl sites for hydroxylation is 1. The van der Waals surface area contributed by atoms with E-state index in [1.165, 1.54) is 20.1 Å². The maximum atomic E-state index is 12.9. The highest BCUT2D eigenvalue weighted by atomic mass is 127. The maximum Gasteiger partial charge on any atom is 0.337 e. The minimum Gasteiger partial charge on any atom is -0.465 e. The van der Waals surface area contributed by atoms with Crippen molar-refractivity contribution in [3.63, 3.8) is 0 Å². The van der Waals surface area contributed by atoms with Crippen LogP contribution in [-0.4, -0.2) is 38.2 Å². The van der Waals surface area contributed by atoms with Gasteiger partial charge in [-0.05, 0) is 90.1 Å². The van der Waals surface area contributed by atoms with E-state index < -0.39 is 11.9 Å². The van der Waals surface area contributed by atoms with Crippen molar-refractivity contribution in [2.24, 2.45) is 5.92 Å². The molecular weight excluding hydrogens is 597 g/mol. The lowest BCUT2D eigenvalue weighted by atomic mass is 9.96. The van der Waals surface area contributed by atoms with E-state index in [1.807, 2.05) is 18.2 Å². The minimum absolute atomic E-state index is 0.0215. The van der Waals surface area contributed by atoms with Gasteiger partial charge in [-0.3, -0.25) is 9.59 Å². The number of hydrogen-bond acceptors (Lipinski definition) is 6. The van der Waals surface area contributed by atoms with E-state index in [2.05, 4.69) is 34.0 Å². The summed E-state index contributed by atoms with van der Waals surface area (Å²) < 4.78 is 16.7. The van der Waals surface area contributed by atoms with Crippen LogP contribution in [0.2, 0.25) is 5.02 Å². The fourth-order valence-electron chi connectivity index (χ4n) is 4.28. The number of nitrogens with one attached hydrogen (secondary N) is 1. The summed E-state index contributed by atoms with van der Waals surface area (Å²) in [6.07, 6.45) is 4.52. The first-order valence-electron chi connectivity index (χ1n) is 12.0. The van der Waals surface area contributed by atoms with Gasteiger partial charge in [-0.2, -0.15) is 0 Å². The number of rotatable bonds is 10. The first-order chi connectivity index (χ1) is 17.3. The number of carbonyl (C=O) groups is 3. The van der Waals surface area contributed by atoms with Crippen molar-refractivity contribution in [1.29, 1.82) is 0 Å². The van der Waals surface area contributed by atoms with Crippen LogP contribution in [0.25, 0.3) is 0 Å². The fraction of sp³-hybridized carbons (Fsp3) is 0.444. The third-order valence-electron chi connectivity index (χ3n) is 6.07. The van der Waals surface area contributed by atoms with Crippen molar-refractivity contribution in [2.45, 2.75) is 51.5 Å². The lowest BCUT2D eigenvalue weighted by Crippen LogP contribution is -2.37. The van der Waals surface area contributed by atoms with Crippen molar-refractivity contribution in [1.82, 2.24) is 5.32 Å². The molecule has 1 aliphatic rings. The van der Waals surface area contributed by atoms with E-state index in [-0.39, 0.29) is 28.6 Å². The molecule has 2 atom stereocenters. The van der Waals surface area contributed by atoms with Gasteiger partial charge in [0.2, 0.25) is 5.91 Å². The quantitative estimate of drug-likeness (QED) is 0.158. The second-order valence-corrected chi connectivity index (χ2v) is 10.5. The standard InChI is InChI=1S/C27H31ClINO6/c1-17(31)36-25-19(13-21(15-23(25)28)27(33)34-2)7-3-4-11-24(18-8-5-10-22(29)14-18)30-26(32)20-9-6-12-35-16-20/h5,8,10,13-15,20,24H,3-4,6-7,9,11-12,16H2,1-2H3,(H,30,32)/t20?,24-/m0/s1. The molecule has 1 heterocycles. The zero-order valence-corrected chi connectivity index (χ0v) is 23.4. The molecule has 3 rings (SSSR count). The molecule has 0 radical (unpaired) electrons. The van der Waals surface area contributed by atoms with Gasteiger partial charge < -0.3 is 19.5 Å². The zero-order chi connectivity index (χ0) is 26.1. The van der Waals surface area contributed by atoms with Gasteiger partial charge >= 0.3 is 11.9 Å². The Morgan fingerprint density at radius 1 is 1.22 bits per heavy atom. The topological polar surface area (TPSA) is 90.9 Å². The number of unbranched alkanes of at least 4 members (excludes halogenated alkanes) is 1. The Labute approximate surface area is 230 Å². The molecule has 0 aromatic heterocycles. The van der Waals surface area contributed by atoms with Crippen molar-refractivity contribution in [3.05, 3.63) is 61.7 Å². The normalized spacial score (nSPS) is 16.2. The van der Waals surface area contributed by atoms with E-state index >= 15 is 0 Å². The van der Waals surface area contributed by atoms with Crippen LogP contribution in [0.15, 0.2) is 36.4 Å². The summed E-state index contributed by atoms with van der Waals surface area (Å²) in [5.41, 5.74) is 2.02. The van der Waals surface area contributed by atoms with E-state index in [9.17, 15) is 14.4 Å². The molecule has 1 amide bonds. The molecule has 194 valence electrons. The highest BCUT2D eigenvalue weighted by molar-refractivity contribution is 14.1. The smallest absolute Gasteiger partial charge is 0.337 e. The summed E-state index contributed by atoms with van der Waals surface area (Å²) in [7, 11) is 1.30. The molecule has 1 saturated heterocycles. The molecule has 1 aliphatic heterocycles. The van der Waals surface area contributed by atoms with Gasteiger partial charge in [0.1, 0.15) is 0 Å². The molecule has 1 unspecified atom stereocenters. The Balaban J connectivity index is 1.70. The van der Waals surface area contributed by atoms with Crippen molar-refractivity contribution >= 4 is 52.0 Å². The molecule has 1 N–H and O–H groups in total. The van der Waals surface area contributed by atoms with Gasteiger partial charge in [0.05, 0.1) is 36.3 Å². The molecule has 2 aromatic rings. The summed E-state index contributed by atoms with van der Waals surface area (Å²) in [6.45, 7) is 2.47. The monoisotopic (exact) mass is 627 g/mol. The average Bonchev–Trinajstić information content (AvgIpc) is 2.87. The van der Waals surface area contributed by atoms with Gasteiger partial charge in [-0.1, -0.05) is 30.2 Å². The highest BCUT2D eigenvalue weighted by Gasteiger charge is 2.25. The van der Waals surface area contributed by atoms with Gasteiger partial charge in [-0.15, -0.1) is 0 Å². The number of methoxy groups -OCH3 is 1. The summed E-state index contributed by atoms with van der Waals surface area (Å²) in [5, 5.41) is 3.42. The van der Waals surface area contributed by atoms with Crippen LogP contribution in [0, 0.1) is 9.49 Å². The SMILES string of the molecule is COC(=O)c1cc(Cl)c(OC(C)=O)c(CCCC[C@H](NC(=O)C2CCCOC2)c2cccc(I)c2)c1. The first-order valence-corrected chi connectivity index (χ1v) is 13.5. The lowest BCUT2D eigenvalue weighted by molar-refractivity contribution is -0.132. The number of halogens is 2. The molecule has 2 aromatic carbocycles. The molecule has 0 spiro atoms. The summed E-state index contributed by atoms with van der Waals surface area (Å²) in [4.78, 5) is 36.6. The Bertz CT molecular complexity index is 1090. The second-order valence-electron chi connectivity index (χ2n) is 8.81. The number of amides is 1. The molecular formula is C27H31ClINO6. The predicted molar refractivity (Wildman–Crippen MR) is 145 cm³/mol. The predicted octanol–water partition coefficient (Wildman–Crippen LogP) is 5.65. The molecule has 0 saturated carbocycles. The van der Waals surface area contributed by atoms with Crippen LogP contribution in [0.1, 0.15) is 66.6 Å². The first kappa shape index (κ1) is 28.4. The van der Waals surface area contributed by atoms with Gasteiger partial charge in [0.25, 0.3) is 0 Å². The number of ether oxygens (including phenoxy) is 3. The Morgan fingerprint density at radius 3 is 2.69 bits per heavy atom. The van der Waals surface area contributed by atoms with E-state index in [1.54, 1.807) is 6.07 Å². The van der Waals surface area contributed by atoms with E-state index in [4.69, 9.17) is 25.8 Å². The van der Waals surface area contributed by atoms with Crippen LogP contribution < -0.4 is 10.1 Å². The number of benzene rings is 2. The van der Waals surface area contributed by atoms with E-state index in [0.717, 1.165) is 41.2 Å². The fourth-order valence-corrected chi connectivity index (χ4v) is 5.12.